The largest absolute Gasteiger partial charge is 0.490 e. The fourth-order valence-corrected chi connectivity index (χ4v) is 8.23. The molecule has 2 aliphatic heterocycles. The molecule has 4 amide bonds. The molecule has 18 nitrogen and oxygen atoms in total. The highest BCUT2D eigenvalue weighted by Crippen LogP contribution is 2.43. The molecule has 2 aliphatic rings. The van der Waals surface area contributed by atoms with Gasteiger partial charge in [0.1, 0.15) is 48.4 Å². The SMILES string of the molecule is COCCOc1cc(-c2ccc(-c3cnc(C4CCCN4C(=O)C(NC(=O)OC)C(C)C)[nH]3)cc2)cc(OCCOC)c1-c1cnc(C2CCCN2C(=O)C(NC(=O)OC)C(C)C)[nH]1. The van der Waals surface area contributed by atoms with E-state index in [1.54, 1.807) is 36.4 Å². The summed E-state index contributed by atoms with van der Waals surface area (Å²) < 4.78 is 33.1. The van der Waals surface area contributed by atoms with Gasteiger partial charge in [0.2, 0.25) is 11.8 Å². The van der Waals surface area contributed by atoms with Gasteiger partial charge in [0.25, 0.3) is 0 Å². The Morgan fingerprint density at radius 2 is 1.08 bits per heavy atom. The summed E-state index contributed by atoms with van der Waals surface area (Å²) in [4.78, 5) is 71.7. The quantitative estimate of drug-likeness (QED) is 0.0768. The molecule has 4 aromatic rings. The fraction of sp³-hybridized carbons (Fsp3) is 0.522. The van der Waals surface area contributed by atoms with Crippen molar-refractivity contribution in [3.05, 3.63) is 60.4 Å². The molecular formula is C46H62N8O10. The summed E-state index contributed by atoms with van der Waals surface area (Å²) >= 11 is 0. The normalized spacial score (nSPS) is 17.1. The molecule has 18 heteroatoms. The van der Waals surface area contributed by atoms with E-state index in [9.17, 15) is 19.2 Å². The summed E-state index contributed by atoms with van der Waals surface area (Å²) in [6, 6.07) is 9.87. The van der Waals surface area contributed by atoms with Crippen molar-refractivity contribution in [2.45, 2.75) is 77.5 Å². The third kappa shape index (κ3) is 11.0. The van der Waals surface area contributed by atoms with Gasteiger partial charge in [0, 0.05) is 27.3 Å². The van der Waals surface area contributed by atoms with Crippen molar-refractivity contribution in [1.29, 1.82) is 0 Å². The Kier molecular flexibility index (Phi) is 16.3. The first-order valence-corrected chi connectivity index (χ1v) is 21.8. The minimum Gasteiger partial charge on any atom is -0.490 e. The van der Waals surface area contributed by atoms with E-state index in [1.807, 2.05) is 64.1 Å². The molecule has 0 bridgehead atoms. The number of hydrogen-bond donors (Lipinski definition) is 4. The topological polar surface area (TPSA) is 212 Å². The maximum Gasteiger partial charge on any atom is 0.407 e. The van der Waals surface area contributed by atoms with Crippen molar-refractivity contribution in [1.82, 2.24) is 40.4 Å². The number of carbonyl (C=O) groups is 4. The zero-order chi connectivity index (χ0) is 45.9. The summed E-state index contributed by atoms with van der Waals surface area (Å²) in [7, 11) is 5.78. The average molecular weight is 887 g/mol. The number of ether oxygens (including phenoxy) is 6. The third-order valence-electron chi connectivity index (χ3n) is 11.6. The van der Waals surface area contributed by atoms with Crippen LogP contribution in [0, 0.1) is 11.8 Å². The third-order valence-corrected chi connectivity index (χ3v) is 11.6. The van der Waals surface area contributed by atoms with Crippen LogP contribution in [0.1, 0.15) is 77.1 Å². The molecule has 0 spiro atoms. The van der Waals surface area contributed by atoms with Gasteiger partial charge < -0.3 is 58.8 Å². The predicted octanol–water partition coefficient (Wildman–Crippen LogP) is 6.27. The highest BCUT2D eigenvalue weighted by Gasteiger charge is 2.39. The zero-order valence-electron chi connectivity index (χ0n) is 38.0. The number of likely N-dealkylation sites (tertiary alicyclic amines) is 2. The number of aromatic amines is 2. The maximum atomic E-state index is 13.9. The van der Waals surface area contributed by atoms with Crippen molar-refractivity contribution in [2.75, 3.05) is 68.0 Å². The Labute approximate surface area is 374 Å². The van der Waals surface area contributed by atoms with Crippen molar-refractivity contribution >= 4 is 24.0 Å². The van der Waals surface area contributed by atoms with Crippen LogP contribution in [0.15, 0.2) is 48.8 Å². The number of benzene rings is 2. The van der Waals surface area contributed by atoms with Crippen LogP contribution in [-0.2, 0) is 28.5 Å². The van der Waals surface area contributed by atoms with E-state index in [1.165, 1.54) is 14.2 Å². The van der Waals surface area contributed by atoms with Gasteiger partial charge in [-0.15, -0.1) is 0 Å². The molecule has 4 heterocycles. The van der Waals surface area contributed by atoms with Crippen molar-refractivity contribution in [3.63, 3.8) is 0 Å². The van der Waals surface area contributed by atoms with Gasteiger partial charge in [-0.1, -0.05) is 52.0 Å². The lowest BCUT2D eigenvalue weighted by Crippen LogP contribution is -2.51. The highest BCUT2D eigenvalue weighted by molar-refractivity contribution is 5.87. The van der Waals surface area contributed by atoms with Gasteiger partial charge in [0.15, 0.2) is 0 Å². The lowest BCUT2D eigenvalue weighted by atomic mass is 9.99. The number of methoxy groups -OCH3 is 4. The monoisotopic (exact) mass is 886 g/mol. The number of nitrogens with one attached hydrogen (secondary N) is 4. The second-order valence-electron chi connectivity index (χ2n) is 16.6. The van der Waals surface area contributed by atoms with E-state index >= 15 is 0 Å². The Balaban J connectivity index is 1.28. The van der Waals surface area contributed by atoms with E-state index in [4.69, 9.17) is 38.4 Å². The van der Waals surface area contributed by atoms with Gasteiger partial charge in [0.05, 0.1) is 68.9 Å². The van der Waals surface area contributed by atoms with Crippen LogP contribution in [-0.4, -0.2) is 134 Å². The van der Waals surface area contributed by atoms with E-state index in [0.717, 1.165) is 41.6 Å². The molecule has 0 radical (unpaired) electrons. The first-order valence-electron chi connectivity index (χ1n) is 21.8. The summed E-state index contributed by atoms with van der Waals surface area (Å²) in [6.45, 7) is 9.86. The molecule has 4 N–H and O–H groups in total. The lowest BCUT2D eigenvalue weighted by Gasteiger charge is -2.30. The summed E-state index contributed by atoms with van der Waals surface area (Å²) in [6.07, 6.45) is 5.22. The average Bonchev–Trinajstić information content (AvgIpc) is 4.14. The van der Waals surface area contributed by atoms with E-state index in [0.29, 0.717) is 67.1 Å². The van der Waals surface area contributed by atoms with Gasteiger partial charge in [-0.25, -0.2) is 19.6 Å². The number of imidazole rings is 2. The van der Waals surface area contributed by atoms with Crippen LogP contribution in [0.5, 0.6) is 11.5 Å². The Bertz CT molecular complexity index is 2170. The minimum absolute atomic E-state index is 0.136. The van der Waals surface area contributed by atoms with Gasteiger partial charge in [-0.05, 0) is 66.3 Å². The van der Waals surface area contributed by atoms with Crippen LogP contribution < -0.4 is 20.1 Å². The van der Waals surface area contributed by atoms with Crippen LogP contribution >= 0.6 is 0 Å². The Morgan fingerprint density at radius 1 is 0.641 bits per heavy atom. The fourth-order valence-electron chi connectivity index (χ4n) is 8.23. The van der Waals surface area contributed by atoms with Crippen LogP contribution in [0.25, 0.3) is 33.6 Å². The summed E-state index contributed by atoms with van der Waals surface area (Å²) in [5.41, 5.74) is 4.74. The van der Waals surface area contributed by atoms with Crippen molar-refractivity contribution < 1.29 is 47.6 Å². The number of rotatable bonds is 19. The molecule has 2 fully saturated rings. The maximum absolute atomic E-state index is 13.9. The van der Waals surface area contributed by atoms with Crippen LogP contribution in [0.2, 0.25) is 0 Å². The standard InChI is InChI=1S/C46H62N8O10/c1-27(2)39(51-45(57)61-7)43(55)53-17-9-11-34(53)41-47-25-32(49-41)30-15-13-29(14-16-30)31-23-36(63-21-19-59-5)38(37(24-31)64-22-20-60-6)33-26-48-42(50-33)35-12-10-18-54(35)44(56)40(28(3)4)52-46(58)62-8/h13-16,23-28,34-35,39-40H,9-12,17-22H2,1-8H3,(H,47,49)(H,48,50)(H,51,57)(H,52,58). The van der Waals surface area contributed by atoms with Crippen molar-refractivity contribution in [3.8, 4) is 45.1 Å². The lowest BCUT2D eigenvalue weighted by molar-refractivity contribution is -0.136. The first kappa shape index (κ1) is 47.3. The van der Waals surface area contributed by atoms with E-state index in [2.05, 4.69) is 20.6 Å². The smallest absolute Gasteiger partial charge is 0.407 e. The number of hydrogen-bond acceptors (Lipinski definition) is 12. The van der Waals surface area contributed by atoms with Crippen molar-refractivity contribution in [2.24, 2.45) is 11.8 Å². The molecule has 6 rings (SSSR count). The number of alkyl carbamates (subject to hydrolysis) is 2. The first-order chi connectivity index (χ1) is 30.9. The molecule has 4 atom stereocenters. The van der Waals surface area contributed by atoms with E-state index in [-0.39, 0.29) is 48.9 Å². The molecule has 0 aliphatic carbocycles. The Morgan fingerprint density at radius 3 is 1.52 bits per heavy atom. The second-order valence-corrected chi connectivity index (χ2v) is 16.6. The predicted molar refractivity (Wildman–Crippen MR) is 237 cm³/mol. The zero-order valence-corrected chi connectivity index (χ0v) is 38.0. The van der Waals surface area contributed by atoms with Gasteiger partial charge in [-0.2, -0.15) is 0 Å². The molecule has 346 valence electrons. The number of aromatic nitrogens is 4. The highest BCUT2D eigenvalue weighted by atomic mass is 16.5. The van der Waals surface area contributed by atoms with Crippen LogP contribution in [0.4, 0.5) is 9.59 Å². The van der Waals surface area contributed by atoms with Gasteiger partial charge >= 0.3 is 12.2 Å². The number of H-pyrrole nitrogens is 2. The molecule has 64 heavy (non-hydrogen) atoms. The van der Waals surface area contributed by atoms with Crippen LogP contribution in [0.3, 0.4) is 0 Å². The number of nitrogens with zero attached hydrogens (tertiary/aromatic N) is 4. The summed E-state index contributed by atoms with van der Waals surface area (Å²) in [5.74, 6) is 1.70. The minimum atomic E-state index is -0.760. The Hall–Kier alpha value is -6.14. The molecule has 4 unspecified atom stereocenters. The molecule has 2 aromatic carbocycles. The second kappa shape index (κ2) is 22.0. The number of amides is 4. The van der Waals surface area contributed by atoms with E-state index < -0.39 is 24.3 Å². The molecule has 0 saturated carbocycles. The molecule has 2 aromatic heterocycles. The number of carbonyl (C=O) groups excluding carboxylic acids is 4. The molecular weight excluding hydrogens is 825 g/mol. The van der Waals surface area contributed by atoms with Gasteiger partial charge in [-0.3, -0.25) is 9.59 Å². The molecule has 2 saturated heterocycles. The summed E-state index contributed by atoms with van der Waals surface area (Å²) in [5, 5.41) is 5.40.